The zero-order valence-corrected chi connectivity index (χ0v) is 17.0. The highest BCUT2D eigenvalue weighted by molar-refractivity contribution is 5.94. The molecular formula is C21H33NO4. The highest BCUT2D eigenvalue weighted by Crippen LogP contribution is 2.22. The Labute approximate surface area is 157 Å². The Morgan fingerprint density at radius 1 is 1.08 bits per heavy atom. The first kappa shape index (κ1) is 22.2. The van der Waals surface area contributed by atoms with Gasteiger partial charge in [-0.2, -0.15) is 0 Å². The first-order valence-electron chi connectivity index (χ1n) is 9.23. The summed E-state index contributed by atoms with van der Waals surface area (Å²) in [7, 11) is 1.36. The molecule has 0 fully saturated rings. The van der Waals surface area contributed by atoms with E-state index in [-0.39, 0.29) is 29.8 Å². The van der Waals surface area contributed by atoms with E-state index >= 15 is 0 Å². The summed E-state index contributed by atoms with van der Waals surface area (Å²) in [4.78, 5) is 26.0. The van der Waals surface area contributed by atoms with E-state index in [9.17, 15) is 9.59 Å². The lowest BCUT2D eigenvalue weighted by Crippen LogP contribution is -2.34. The zero-order chi connectivity index (χ0) is 19.7. The zero-order valence-electron chi connectivity index (χ0n) is 17.0. The van der Waals surface area contributed by atoms with Gasteiger partial charge in [-0.25, -0.2) is 0 Å². The van der Waals surface area contributed by atoms with Crippen LogP contribution >= 0.6 is 0 Å². The highest BCUT2D eigenvalue weighted by atomic mass is 16.5. The number of ether oxygens (including phenoxy) is 2. The summed E-state index contributed by atoms with van der Waals surface area (Å²) < 4.78 is 10.2. The number of carbonyl (C=O) groups excluding carboxylic acids is 2. The van der Waals surface area contributed by atoms with Gasteiger partial charge in [0.1, 0.15) is 0 Å². The summed E-state index contributed by atoms with van der Waals surface area (Å²) in [5.74, 6) is -0.386. The molecule has 26 heavy (non-hydrogen) atoms. The Morgan fingerprint density at radius 2 is 1.69 bits per heavy atom. The van der Waals surface area contributed by atoms with Gasteiger partial charge < -0.3 is 14.4 Å². The van der Waals surface area contributed by atoms with Crippen LogP contribution in [-0.2, 0) is 19.7 Å². The van der Waals surface area contributed by atoms with E-state index < -0.39 is 0 Å². The van der Waals surface area contributed by atoms with Gasteiger partial charge in [0.2, 0.25) is 0 Å². The average Bonchev–Trinajstić information content (AvgIpc) is 2.59. The van der Waals surface area contributed by atoms with E-state index in [1.54, 1.807) is 4.90 Å². The second-order valence-corrected chi connectivity index (χ2v) is 7.72. The van der Waals surface area contributed by atoms with Crippen LogP contribution in [0.5, 0.6) is 0 Å². The average molecular weight is 363 g/mol. The molecule has 0 aliphatic carbocycles. The summed E-state index contributed by atoms with van der Waals surface area (Å²) in [6, 6.07) is 7.71. The van der Waals surface area contributed by atoms with Gasteiger partial charge >= 0.3 is 5.97 Å². The van der Waals surface area contributed by atoms with Crippen molar-refractivity contribution in [3.8, 4) is 0 Å². The van der Waals surface area contributed by atoms with Crippen LogP contribution in [0.25, 0.3) is 0 Å². The van der Waals surface area contributed by atoms with E-state index in [1.165, 1.54) is 12.7 Å². The minimum Gasteiger partial charge on any atom is -0.469 e. The molecule has 0 unspecified atom stereocenters. The minimum atomic E-state index is -0.315. The van der Waals surface area contributed by atoms with Gasteiger partial charge in [-0.05, 0) is 43.4 Å². The number of carbonyl (C=O) groups is 2. The number of rotatable bonds is 9. The third kappa shape index (κ3) is 7.56. The quantitative estimate of drug-likeness (QED) is 0.495. The molecule has 0 heterocycles. The fraction of sp³-hybridized carbons (Fsp3) is 0.619. The molecule has 146 valence electrons. The third-order valence-electron chi connectivity index (χ3n) is 4.12. The second kappa shape index (κ2) is 10.3. The van der Waals surface area contributed by atoms with Crippen LogP contribution in [0, 0.1) is 0 Å². The topological polar surface area (TPSA) is 55.8 Å². The predicted molar refractivity (Wildman–Crippen MR) is 103 cm³/mol. The van der Waals surface area contributed by atoms with Gasteiger partial charge in [-0.15, -0.1) is 0 Å². The van der Waals surface area contributed by atoms with Gasteiger partial charge in [0, 0.05) is 25.3 Å². The number of nitrogens with zero attached hydrogens (tertiary/aromatic N) is 1. The summed E-state index contributed by atoms with van der Waals surface area (Å²) in [6.07, 6.45) is 1.08. The van der Waals surface area contributed by atoms with Crippen molar-refractivity contribution < 1.29 is 19.1 Å². The Kier molecular flexibility index (Phi) is 8.79. The molecule has 5 heteroatoms. The van der Waals surface area contributed by atoms with E-state index in [0.29, 0.717) is 25.3 Å². The third-order valence-corrected chi connectivity index (χ3v) is 4.12. The van der Waals surface area contributed by atoms with Crippen molar-refractivity contribution in [1.29, 1.82) is 0 Å². The van der Waals surface area contributed by atoms with Crippen LogP contribution in [0.15, 0.2) is 24.3 Å². The lowest BCUT2D eigenvalue weighted by Gasteiger charge is -2.24. The number of hydrogen-bond acceptors (Lipinski definition) is 4. The molecule has 0 saturated carbocycles. The lowest BCUT2D eigenvalue weighted by atomic mass is 9.86. The summed E-state index contributed by atoms with van der Waals surface area (Å²) in [6.45, 7) is 11.9. The Morgan fingerprint density at radius 3 is 2.19 bits per heavy atom. The summed E-state index contributed by atoms with van der Waals surface area (Å²) in [5, 5.41) is 0. The molecular weight excluding hydrogens is 330 g/mol. The molecule has 0 radical (unpaired) electrons. The summed E-state index contributed by atoms with van der Waals surface area (Å²) >= 11 is 0. The Bertz CT molecular complexity index is 573. The van der Waals surface area contributed by atoms with Gasteiger partial charge in [0.05, 0.1) is 19.6 Å². The number of benzene rings is 1. The van der Waals surface area contributed by atoms with Crippen molar-refractivity contribution in [2.45, 2.75) is 59.0 Å². The number of amides is 1. The Hall–Kier alpha value is -1.88. The fourth-order valence-electron chi connectivity index (χ4n) is 2.51. The summed E-state index contributed by atoms with van der Waals surface area (Å²) in [5.41, 5.74) is 1.86. The molecule has 0 aliphatic rings. The van der Waals surface area contributed by atoms with Gasteiger partial charge in [-0.3, -0.25) is 9.59 Å². The maximum Gasteiger partial charge on any atom is 0.307 e. The monoisotopic (exact) mass is 363 g/mol. The lowest BCUT2D eigenvalue weighted by molar-refractivity contribution is -0.140. The SMILES string of the molecule is COC(=O)CCN(CCCOC(C)C)C(=O)c1ccc(C(C)(C)C)cc1. The van der Waals surface area contributed by atoms with Gasteiger partial charge in [-0.1, -0.05) is 32.9 Å². The molecule has 0 atom stereocenters. The van der Waals surface area contributed by atoms with Crippen LogP contribution in [0.3, 0.4) is 0 Å². The van der Waals surface area contributed by atoms with Crippen molar-refractivity contribution >= 4 is 11.9 Å². The van der Waals surface area contributed by atoms with Gasteiger partial charge in [0.15, 0.2) is 0 Å². The van der Waals surface area contributed by atoms with Crippen LogP contribution in [0.4, 0.5) is 0 Å². The first-order valence-corrected chi connectivity index (χ1v) is 9.23. The van der Waals surface area contributed by atoms with E-state index in [1.807, 2.05) is 38.1 Å². The van der Waals surface area contributed by atoms with E-state index in [0.717, 1.165) is 6.42 Å². The van der Waals surface area contributed by atoms with Crippen molar-refractivity contribution in [3.63, 3.8) is 0 Å². The molecule has 1 aromatic carbocycles. The molecule has 0 spiro atoms. The number of hydrogen-bond donors (Lipinski definition) is 0. The molecule has 5 nitrogen and oxygen atoms in total. The highest BCUT2D eigenvalue weighted by Gasteiger charge is 2.19. The first-order chi connectivity index (χ1) is 12.1. The second-order valence-electron chi connectivity index (χ2n) is 7.72. The van der Waals surface area contributed by atoms with Crippen LogP contribution in [0.2, 0.25) is 0 Å². The van der Waals surface area contributed by atoms with E-state index in [2.05, 4.69) is 20.8 Å². The predicted octanol–water partition coefficient (Wildman–Crippen LogP) is 3.80. The van der Waals surface area contributed by atoms with Crippen LogP contribution in [-0.4, -0.2) is 49.7 Å². The standard InChI is InChI=1S/C21H33NO4/c1-16(2)26-15-7-13-22(14-12-19(23)25-6)20(24)17-8-10-18(11-9-17)21(3,4)5/h8-11,16H,7,12-15H2,1-6H3. The maximum absolute atomic E-state index is 12.9. The molecule has 1 aromatic rings. The number of methoxy groups -OCH3 is 1. The number of esters is 1. The van der Waals surface area contributed by atoms with Crippen molar-refractivity contribution in [2.75, 3.05) is 26.8 Å². The fourth-order valence-corrected chi connectivity index (χ4v) is 2.51. The molecule has 1 rings (SSSR count). The molecule has 0 N–H and O–H groups in total. The smallest absolute Gasteiger partial charge is 0.307 e. The van der Waals surface area contributed by atoms with Crippen LogP contribution < -0.4 is 0 Å². The largest absolute Gasteiger partial charge is 0.469 e. The molecule has 0 saturated heterocycles. The van der Waals surface area contributed by atoms with Crippen molar-refractivity contribution in [2.24, 2.45) is 0 Å². The van der Waals surface area contributed by atoms with Crippen molar-refractivity contribution in [3.05, 3.63) is 35.4 Å². The normalized spacial score (nSPS) is 11.5. The minimum absolute atomic E-state index is 0.0420. The van der Waals surface area contributed by atoms with Crippen molar-refractivity contribution in [1.82, 2.24) is 4.90 Å². The van der Waals surface area contributed by atoms with E-state index in [4.69, 9.17) is 9.47 Å². The molecule has 1 amide bonds. The maximum atomic E-state index is 12.9. The molecule has 0 aromatic heterocycles. The van der Waals surface area contributed by atoms with Crippen LogP contribution in [0.1, 0.15) is 63.4 Å². The molecule has 0 bridgehead atoms. The molecule has 0 aliphatic heterocycles. The Balaban J connectivity index is 2.79. The van der Waals surface area contributed by atoms with Gasteiger partial charge in [0.25, 0.3) is 5.91 Å².